The number of thiocarbonyl (C=S) groups is 1. The summed E-state index contributed by atoms with van der Waals surface area (Å²) in [6.45, 7) is 0. The highest BCUT2D eigenvalue weighted by atomic mass is 127. The van der Waals surface area contributed by atoms with Crippen molar-refractivity contribution in [2.45, 2.75) is 3.79 Å². The minimum absolute atomic E-state index is 0.00221. The number of nitrogens with one attached hydrogen (secondary N) is 2. The van der Waals surface area contributed by atoms with Crippen LogP contribution in [0, 0.1) is 3.57 Å². The van der Waals surface area contributed by atoms with Crippen LogP contribution in [0.2, 0.25) is 0 Å². The molecule has 0 heterocycles. The van der Waals surface area contributed by atoms with Crippen molar-refractivity contribution in [3.05, 3.63) is 27.3 Å². The Morgan fingerprint density at radius 1 is 1.30 bits per heavy atom. The van der Waals surface area contributed by atoms with Gasteiger partial charge in [-0.15, -0.1) is 0 Å². The number of hydrogen-bond donors (Lipinski definition) is 3. The van der Waals surface area contributed by atoms with Gasteiger partial charge in [-0.25, -0.2) is 4.79 Å². The molecule has 1 rings (SSSR count). The van der Waals surface area contributed by atoms with E-state index < -0.39 is 15.7 Å². The van der Waals surface area contributed by atoms with E-state index in [1.165, 1.54) is 12.1 Å². The number of anilines is 1. The van der Waals surface area contributed by atoms with Crippen LogP contribution in [0.3, 0.4) is 0 Å². The smallest absolute Gasteiger partial charge is 0.337 e. The second kappa shape index (κ2) is 7.08. The summed E-state index contributed by atoms with van der Waals surface area (Å²) < 4.78 is -1.42. The fourth-order valence-corrected chi connectivity index (χ4v) is 1.97. The second-order valence-electron chi connectivity index (χ2n) is 3.40. The fourth-order valence-electron chi connectivity index (χ4n) is 1.13. The number of carbonyl (C=O) groups is 2. The molecule has 1 amide bonds. The molecule has 0 saturated carbocycles. The number of benzene rings is 1. The van der Waals surface area contributed by atoms with Gasteiger partial charge in [-0.3, -0.25) is 10.1 Å². The molecule has 0 aliphatic carbocycles. The first-order valence-corrected chi connectivity index (χ1v) is 7.45. The number of hydrogen-bond acceptors (Lipinski definition) is 3. The highest BCUT2D eigenvalue weighted by molar-refractivity contribution is 14.1. The molecule has 0 fully saturated rings. The number of halogens is 4. The quantitative estimate of drug-likeness (QED) is 0.354. The SMILES string of the molecule is O=C(O)c1cc(I)ccc1NC(=S)NC(=O)C(Cl)(Cl)Cl. The first kappa shape index (κ1) is 17.7. The van der Waals surface area contributed by atoms with Gasteiger partial charge in [0, 0.05) is 3.57 Å². The van der Waals surface area contributed by atoms with Gasteiger partial charge >= 0.3 is 5.97 Å². The lowest BCUT2D eigenvalue weighted by Gasteiger charge is -2.14. The van der Waals surface area contributed by atoms with Crippen LogP contribution in [-0.4, -0.2) is 25.9 Å². The second-order valence-corrected chi connectivity index (χ2v) is 7.34. The van der Waals surface area contributed by atoms with Gasteiger partial charge in [0.25, 0.3) is 9.70 Å². The average Bonchev–Trinajstić information content (AvgIpc) is 2.29. The van der Waals surface area contributed by atoms with Gasteiger partial charge in [-0.1, -0.05) is 34.8 Å². The number of carboxylic acids is 1. The van der Waals surface area contributed by atoms with Crippen LogP contribution in [0.4, 0.5) is 5.69 Å². The standard InChI is InChI=1S/C10H6Cl3IN2O3S/c11-10(12,13)8(19)16-9(20)15-6-2-1-4(14)3-5(6)7(17)18/h1-3H,(H,17,18)(H2,15,16,19,20). The number of carbonyl (C=O) groups excluding carboxylic acids is 1. The topological polar surface area (TPSA) is 78.4 Å². The van der Waals surface area contributed by atoms with Crippen LogP contribution in [0.15, 0.2) is 18.2 Å². The molecule has 108 valence electrons. The molecule has 0 saturated heterocycles. The summed E-state index contributed by atoms with van der Waals surface area (Å²) in [7, 11) is 0. The summed E-state index contributed by atoms with van der Waals surface area (Å²) in [6, 6.07) is 4.64. The van der Waals surface area contributed by atoms with E-state index in [0.29, 0.717) is 0 Å². The third kappa shape index (κ3) is 5.21. The van der Waals surface area contributed by atoms with E-state index >= 15 is 0 Å². The molecule has 0 unspecified atom stereocenters. The number of carboxylic acid groups (broad SMARTS) is 1. The van der Waals surface area contributed by atoms with Crippen molar-refractivity contribution in [1.82, 2.24) is 5.32 Å². The fraction of sp³-hybridized carbons (Fsp3) is 0.100. The lowest BCUT2D eigenvalue weighted by Crippen LogP contribution is -2.41. The number of amides is 1. The molecule has 0 radical (unpaired) electrons. The highest BCUT2D eigenvalue weighted by Crippen LogP contribution is 2.26. The Morgan fingerprint density at radius 2 is 1.90 bits per heavy atom. The van der Waals surface area contributed by atoms with E-state index in [9.17, 15) is 9.59 Å². The molecule has 1 aromatic rings. The summed E-state index contributed by atoms with van der Waals surface area (Å²) in [5, 5.41) is 13.6. The Hall–Kier alpha value is -0.350. The Kier molecular flexibility index (Phi) is 6.26. The molecule has 0 atom stereocenters. The van der Waals surface area contributed by atoms with Gasteiger partial charge in [0.1, 0.15) is 0 Å². The molecule has 0 aliphatic rings. The molecular formula is C10H6Cl3IN2O3S. The normalized spacial score (nSPS) is 10.8. The molecule has 20 heavy (non-hydrogen) atoms. The zero-order valence-corrected chi connectivity index (χ0v) is 14.7. The average molecular weight is 467 g/mol. The van der Waals surface area contributed by atoms with Crippen molar-refractivity contribution in [2.24, 2.45) is 0 Å². The van der Waals surface area contributed by atoms with Gasteiger partial charge in [0.05, 0.1) is 11.3 Å². The maximum absolute atomic E-state index is 11.4. The van der Waals surface area contributed by atoms with Crippen LogP contribution >= 0.6 is 69.6 Å². The predicted molar refractivity (Wildman–Crippen MR) is 90.8 cm³/mol. The van der Waals surface area contributed by atoms with Gasteiger partial charge in [0.15, 0.2) is 5.11 Å². The number of aromatic carboxylic acids is 1. The van der Waals surface area contributed by atoms with Gasteiger partial charge < -0.3 is 10.4 Å². The molecule has 1 aromatic carbocycles. The van der Waals surface area contributed by atoms with Crippen LogP contribution in [-0.2, 0) is 4.79 Å². The largest absolute Gasteiger partial charge is 0.478 e. The van der Waals surface area contributed by atoms with Crippen LogP contribution in [0.25, 0.3) is 0 Å². The first-order chi connectivity index (χ1) is 9.11. The van der Waals surface area contributed by atoms with Crippen LogP contribution < -0.4 is 10.6 Å². The molecule has 0 aliphatic heterocycles. The molecule has 0 bridgehead atoms. The number of rotatable bonds is 2. The lowest BCUT2D eigenvalue weighted by atomic mass is 10.2. The zero-order chi connectivity index (χ0) is 15.5. The third-order valence-electron chi connectivity index (χ3n) is 1.94. The van der Waals surface area contributed by atoms with Crippen molar-refractivity contribution >= 4 is 92.3 Å². The Morgan fingerprint density at radius 3 is 2.40 bits per heavy atom. The van der Waals surface area contributed by atoms with Crippen molar-refractivity contribution in [3.63, 3.8) is 0 Å². The number of alkyl halides is 3. The van der Waals surface area contributed by atoms with E-state index in [-0.39, 0.29) is 16.4 Å². The van der Waals surface area contributed by atoms with Crippen LogP contribution in [0.5, 0.6) is 0 Å². The van der Waals surface area contributed by atoms with Crippen LogP contribution in [0.1, 0.15) is 10.4 Å². The summed E-state index contributed by atoms with van der Waals surface area (Å²) in [5.74, 6) is -2.08. The molecule has 3 N–H and O–H groups in total. The Labute approximate surface area is 148 Å². The van der Waals surface area contributed by atoms with Gasteiger partial charge in [0.2, 0.25) is 0 Å². The lowest BCUT2D eigenvalue weighted by molar-refractivity contribution is -0.118. The Balaban J connectivity index is 2.87. The molecular weight excluding hydrogens is 461 g/mol. The Bertz CT molecular complexity index is 577. The molecule has 0 spiro atoms. The maximum atomic E-state index is 11.4. The van der Waals surface area contributed by atoms with Gasteiger partial charge in [-0.05, 0) is 53.0 Å². The van der Waals surface area contributed by atoms with Crippen molar-refractivity contribution in [1.29, 1.82) is 0 Å². The maximum Gasteiger partial charge on any atom is 0.337 e. The van der Waals surface area contributed by atoms with Crippen molar-refractivity contribution < 1.29 is 14.7 Å². The van der Waals surface area contributed by atoms with E-state index in [1.54, 1.807) is 6.07 Å². The zero-order valence-electron chi connectivity index (χ0n) is 9.42. The van der Waals surface area contributed by atoms with Crippen molar-refractivity contribution in [3.8, 4) is 0 Å². The molecule has 0 aromatic heterocycles. The van der Waals surface area contributed by atoms with Gasteiger partial charge in [-0.2, -0.15) is 0 Å². The van der Waals surface area contributed by atoms with Crippen molar-refractivity contribution in [2.75, 3.05) is 5.32 Å². The summed E-state index contributed by atoms with van der Waals surface area (Å²) in [4.78, 5) is 22.5. The highest BCUT2D eigenvalue weighted by Gasteiger charge is 2.31. The predicted octanol–water partition coefficient (Wildman–Crippen LogP) is 3.17. The van der Waals surface area contributed by atoms with E-state index in [2.05, 4.69) is 10.6 Å². The third-order valence-corrected chi connectivity index (χ3v) is 3.33. The molecule has 5 nitrogen and oxygen atoms in total. The first-order valence-electron chi connectivity index (χ1n) is 4.83. The minimum Gasteiger partial charge on any atom is -0.478 e. The molecule has 10 heteroatoms. The van der Waals surface area contributed by atoms with E-state index in [1.807, 2.05) is 22.6 Å². The monoisotopic (exact) mass is 466 g/mol. The van der Waals surface area contributed by atoms with E-state index in [0.717, 1.165) is 3.57 Å². The summed E-state index contributed by atoms with van der Waals surface area (Å²) >= 11 is 22.9. The summed E-state index contributed by atoms with van der Waals surface area (Å²) in [5.41, 5.74) is 0.218. The van der Waals surface area contributed by atoms with E-state index in [4.69, 9.17) is 52.1 Å². The summed E-state index contributed by atoms with van der Waals surface area (Å²) in [6.07, 6.45) is 0. The minimum atomic E-state index is -2.16.